The molecule has 2 aromatic rings. The molecule has 2 rings (SSSR count). The first-order valence-electron chi connectivity index (χ1n) is 6.00. The monoisotopic (exact) mass is 245 g/mol. The third-order valence-electron chi connectivity index (χ3n) is 2.97. The Morgan fingerprint density at radius 1 is 1.39 bits per heavy atom. The topological polar surface area (TPSA) is 39.1 Å². The van der Waals surface area contributed by atoms with Gasteiger partial charge in [-0.2, -0.15) is 0 Å². The van der Waals surface area contributed by atoms with Gasteiger partial charge in [-0.3, -0.25) is 0 Å². The van der Waals surface area contributed by atoms with Gasteiger partial charge in [0.05, 0.1) is 18.8 Å². The molecule has 0 fully saturated rings. The van der Waals surface area contributed by atoms with Gasteiger partial charge in [0, 0.05) is 19.4 Å². The number of hydrogen-bond acceptors (Lipinski definition) is 3. The van der Waals surface area contributed by atoms with E-state index in [0.29, 0.717) is 0 Å². The fourth-order valence-corrected chi connectivity index (χ4v) is 2.03. The van der Waals surface area contributed by atoms with Gasteiger partial charge >= 0.3 is 0 Å². The fraction of sp³-hybridized carbons (Fsp3) is 0.357. The zero-order chi connectivity index (χ0) is 13.1. The molecule has 96 valence electrons. The van der Waals surface area contributed by atoms with Crippen molar-refractivity contribution in [3.8, 4) is 5.75 Å². The van der Waals surface area contributed by atoms with E-state index < -0.39 is 0 Å². The van der Waals surface area contributed by atoms with Gasteiger partial charge in [0.15, 0.2) is 0 Å². The number of aryl methyl sites for hydroxylation is 2. The number of methoxy groups -OCH3 is 1. The summed E-state index contributed by atoms with van der Waals surface area (Å²) in [6.07, 6.45) is 3.75. The van der Waals surface area contributed by atoms with Crippen molar-refractivity contribution < 1.29 is 4.74 Å². The van der Waals surface area contributed by atoms with E-state index in [1.165, 1.54) is 5.56 Å². The second-order valence-corrected chi connectivity index (χ2v) is 4.47. The number of rotatable bonds is 4. The number of aromatic nitrogens is 2. The second-order valence-electron chi connectivity index (χ2n) is 4.47. The molecule has 0 amide bonds. The third-order valence-corrected chi connectivity index (χ3v) is 2.97. The molecule has 0 saturated carbocycles. The largest absolute Gasteiger partial charge is 0.495 e. The third kappa shape index (κ3) is 2.47. The van der Waals surface area contributed by atoms with Gasteiger partial charge in [0.25, 0.3) is 0 Å². The average molecular weight is 245 g/mol. The highest BCUT2D eigenvalue weighted by Crippen LogP contribution is 2.28. The normalized spacial score (nSPS) is 12.2. The van der Waals surface area contributed by atoms with Crippen LogP contribution in [-0.4, -0.2) is 16.7 Å². The highest BCUT2D eigenvalue weighted by molar-refractivity contribution is 5.58. The summed E-state index contributed by atoms with van der Waals surface area (Å²) < 4.78 is 7.37. The number of anilines is 1. The Kier molecular flexibility index (Phi) is 3.55. The van der Waals surface area contributed by atoms with Gasteiger partial charge in [0.2, 0.25) is 0 Å². The summed E-state index contributed by atoms with van der Waals surface area (Å²) in [5.74, 6) is 1.85. The first kappa shape index (κ1) is 12.5. The van der Waals surface area contributed by atoms with Crippen LogP contribution in [0.15, 0.2) is 30.6 Å². The van der Waals surface area contributed by atoms with Crippen LogP contribution < -0.4 is 10.1 Å². The highest BCUT2D eigenvalue weighted by atomic mass is 16.5. The van der Waals surface area contributed by atoms with Crippen molar-refractivity contribution >= 4 is 5.69 Å². The maximum absolute atomic E-state index is 5.36. The van der Waals surface area contributed by atoms with Gasteiger partial charge in [0.1, 0.15) is 11.6 Å². The fourth-order valence-electron chi connectivity index (χ4n) is 2.03. The number of nitrogens with zero attached hydrogens (tertiary/aromatic N) is 2. The van der Waals surface area contributed by atoms with Crippen molar-refractivity contribution in [1.82, 2.24) is 9.55 Å². The molecule has 1 unspecified atom stereocenters. The summed E-state index contributed by atoms with van der Waals surface area (Å²) in [5.41, 5.74) is 2.19. The van der Waals surface area contributed by atoms with Gasteiger partial charge in [-0.05, 0) is 31.5 Å². The summed E-state index contributed by atoms with van der Waals surface area (Å²) in [6, 6.07) is 6.22. The van der Waals surface area contributed by atoms with Crippen LogP contribution in [0.3, 0.4) is 0 Å². The molecular weight excluding hydrogens is 226 g/mol. The molecular formula is C14H19N3O. The molecule has 4 heteroatoms. The van der Waals surface area contributed by atoms with Crippen LogP contribution in [0.25, 0.3) is 0 Å². The van der Waals surface area contributed by atoms with Gasteiger partial charge in [-0.15, -0.1) is 0 Å². The Morgan fingerprint density at radius 2 is 2.17 bits per heavy atom. The van der Waals surface area contributed by atoms with Crippen LogP contribution in [0, 0.1) is 6.92 Å². The Morgan fingerprint density at radius 3 is 2.78 bits per heavy atom. The van der Waals surface area contributed by atoms with Crippen molar-refractivity contribution in [3.63, 3.8) is 0 Å². The summed E-state index contributed by atoms with van der Waals surface area (Å²) in [7, 11) is 3.68. The molecule has 1 N–H and O–H groups in total. The Balaban J connectivity index is 2.23. The molecule has 1 heterocycles. The molecule has 1 atom stereocenters. The predicted molar refractivity (Wildman–Crippen MR) is 73.0 cm³/mol. The van der Waals surface area contributed by atoms with E-state index >= 15 is 0 Å². The van der Waals surface area contributed by atoms with E-state index in [4.69, 9.17) is 4.74 Å². The maximum Gasteiger partial charge on any atom is 0.141 e. The first-order chi connectivity index (χ1) is 8.61. The lowest BCUT2D eigenvalue weighted by atomic mass is 10.2. The summed E-state index contributed by atoms with van der Waals surface area (Å²) in [4.78, 5) is 4.35. The second kappa shape index (κ2) is 5.12. The van der Waals surface area contributed by atoms with Crippen LogP contribution >= 0.6 is 0 Å². The van der Waals surface area contributed by atoms with Crippen molar-refractivity contribution in [2.75, 3.05) is 12.4 Å². The van der Waals surface area contributed by atoms with Crippen molar-refractivity contribution in [3.05, 3.63) is 42.0 Å². The predicted octanol–water partition coefficient (Wildman–Crippen LogP) is 2.91. The number of ether oxygens (including phenoxy) is 1. The highest BCUT2D eigenvalue weighted by Gasteiger charge is 2.12. The van der Waals surface area contributed by atoms with Crippen LogP contribution in [0.5, 0.6) is 5.75 Å². The van der Waals surface area contributed by atoms with Crippen LogP contribution in [0.4, 0.5) is 5.69 Å². The molecule has 0 bridgehead atoms. The van der Waals surface area contributed by atoms with Crippen molar-refractivity contribution in [2.45, 2.75) is 19.9 Å². The molecule has 18 heavy (non-hydrogen) atoms. The van der Waals surface area contributed by atoms with Crippen LogP contribution in [0.1, 0.15) is 24.4 Å². The minimum Gasteiger partial charge on any atom is -0.495 e. The minimum atomic E-state index is 0.126. The molecule has 4 nitrogen and oxygen atoms in total. The maximum atomic E-state index is 5.36. The standard InChI is InChI=1S/C14H19N3O/c1-10-5-6-13(18-4)12(9-10)16-11(2)14-15-7-8-17(14)3/h5-9,11,16H,1-4H3. The number of hydrogen-bond donors (Lipinski definition) is 1. The van der Waals surface area contributed by atoms with E-state index in [9.17, 15) is 0 Å². The van der Waals surface area contributed by atoms with Crippen molar-refractivity contribution in [2.24, 2.45) is 7.05 Å². The Labute approximate surface area is 108 Å². The first-order valence-corrected chi connectivity index (χ1v) is 6.00. The minimum absolute atomic E-state index is 0.126. The molecule has 0 spiro atoms. The van der Waals surface area contributed by atoms with E-state index in [1.807, 2.05) is 29.9 Å². The summed E-state index contributed by atoms with van der Waals surface area (Å²) in [5, 5.41) is 3.44. The molecule has 0 radical (unpaired) electrons. The number of nitrogens with one attached hydrogen (secondary N) is 1. The molecule has 0 aliphatic heterocycles. The van der Waals surface area contributed by atoms with Crippen LogP contribution in [-0.2, 0) is 7.05 Å². The van der Waals surface area contributed by atoms with E-state index in [0.717, 1.165) is 17.3 Å². The molecule has 0 aliphatic rings. The van der Waals surface area contributed by atoms with E-state index in [-0.39, 0.29) is 6.04 Å². The number of imidazole rings is 1. The Bertz CT molecular complexity index is 534. The van der Waals surface area contributed by atoms with Crippen molar-refractivity contribution in [1.29, 1.82) is 0 Å². The molecule has 1 aromatic heterocycles. The Hall–Kier alpha value is -1.97. The van der Waals surface area contributed by atoms with E-state index in [1.54, 1.807) is 13.3 Å². The number of benzene rings is 1. The molecule has 1 aromatic carbocycles. The lowest BCUT2D eigenvalue weighted by Gasteiger charge is -2.17. The SMILES string of the molecule is COc1ccc(C)cc1NC(C)c1nccn1C. The summed E-state index contributed by atoms with van der Waals surface area (Å²) >= 11 is 0. The molecule has 0 saturated heterocycles. The quantitative estimate of drug-likeness (QED) is 0.900. The van der Waals surface area contributed by atoms with Gasteiger partial charge in [-0.25, -0.2) is 4.98 Å². The van der Waals surface area contributed by atoms with Crippen LogP contribution in [0.2, 0.25) is 0 Å². The van der Waals surface area contributed by atoms with Gasteiger partial charge < -0.3 is 14.6 Å². The smallest absolute Gasteiger partial charge is 0.141 e. The summed E-state index contributed by atoms with van der Waals surface area (Å²) in [6.45, 7) is 4.15. The average Bonchev–Trinajstić information content (AvgIpc) is 2.76. The van der Waals surface area contributed by atoms with E-state index in [2.05, 4.69) is 30.2 Å². The lowest BCUT2D eigenvalue weighted by Crippen LogP contribution is -2.12. The molecule has 0 aliphatic carbocycles. The zero-order valence-corrected chi connectivity index (χ0v) is 11.3. The van der Waals surface area contributed by atoms with Gasteiger partial charge in [-0.1, -0.05) is 6.07 Å². The zero-order valence-electron chi connectivity index (χ0n) is 11.3. The lowest BCUT2D eigenvalue weighted by molar-refractivity contribution is 0.416.